The van der Waals surface area contributed by atoms with E-state index in [0.29, 0.717) is 22.0 Å². The number of carbonyl (C=O) groups is 1. The van der Waals surface area contributed by atoms with Crippen molar-refractivity contribution in [3.05, 3.63) is 57.1 Å². The van der Waals surface area contributed by atoms with E-state index in [2.05, 4.69) is 5.32 Å². The number of hydrogen-bond acceptors (Lipinski definition) is 5. The highest BCUT2D eigenvalue weighted by atomic mass is 35.5. The zero-order valence-corrected chi connectivity index (χ0v) is 13.8. The number of rotatable bonds is 6. The second kappa shape index (κ2) is 7.65. The van der Waals surface area contributed by atoms with E-state index in [4.69, 9.17) is 21.1 Å². The number of ether oxygens (including phenoxy) is 2. The molecule has 1 amide bonds. The molecule has 0 spiro atoms. The number of anilines is 1. The Bertz CT molecular complexity index is 762. The Balaban J connectivity index is 2.05. The van der Waals surface area contributed by atoms with Crippen molar-refractivity contribution in [1.29, 1.82) is 0 Å². The molecule has 8 heteroatoms. The van der Waals surface area contributed by atoms with Gasteiger partial charge in [-0.15, -0.1) is 0 Å². The third-order valence-corrected chi connectivity index (χ3v) is 3.43. The van der Waals surface area contributed by atoms with E-state index >= 15 is 0 Å². The van der Waals surface area contributed by atoms with Crippen molar-refractivity contribution < 1.29 is 19.2 Å². The largest absolute Gasteiger partial charge is 0.490 e. The van der Waals surface area contributed by atoms with Crippen LogP contribution in [-0.2, 0) is 4.79 Å². The minimum absolute atomic E-state index is 0.0690. The Labute approximate surface area is 143 Å². The van der Waals surface area contributed by atoms with E-state index in [1.54, 1.807) is 31.2 Å². The summed E-state index contributed by atoms with van der Waals surface area (Å²) < 4.78 is 10.3. The molecule has 0 aromatic heterocycles. The standard InChI is InChI=1S/C16H15ClN2O5/c1-10-7-14(19(21)22)15(23-2)8-13(10)18-16(20)9-24-12-5-3-11(17)4-6-12/h3-8H,9H2,1-2H3,(H,18,20). The number of carbonyl (C=O) groups excluding carboxylic acids is 1. The molecule has 0 unspecified atom stereocenters. The number of halogens is 1. The number of nitro benzene ring substituents is 1. The van der Waals surface area contributed by atoms with E-state index < -0.39 is 10.8 Å². The molecule has 2 aromatic rings. The fourth-order valence-electron chi connectivity index (χ4n) is 1.98. The van der Waals surface area contributed by atoms with Gasteiger partial charge < -0.3 is 14.8 Å². The molecule has 0 aliphatic carbocycles. The molecule has 0 radical (unpaired) electrons. The van der Waals surface area contributed by atoms with Crippen LogP contribution in [0, 0.1) is 17.0 Å². The monoisotopic (exact) mass is 350 g/mol. The average molecular weight is 351 g/mol. The number of nitro groups is 1. The van der Waals surface area contributed by atoms with Gasteiger partial charge in [0.25, 0.3) is 5.91 Å². The molecule has 0 fully saturated rings. The van der Waals surface area contributed by atoms with Crippen molar-refractivity contribution in [3.63, 3.8) is 0 Å². The van der Waals surface area contributed by atoms with E-state index in [9.17, 15) is 14.9 Å². The van der Waals surface area contributed by atoms with Gasteiger partial charge in [0.2, 0.25) is 0 Å². The van der Waals surface area contributed by atoms with Gasteiger partial charge in [0.15, 0.2) is 12.4 Å². The third kappa shape index (κ3) is 4.36. The van der Waals surface area contributed by atoms with Crippen molar-refractivity contribution >= 4 is 28.9 Å². The van der Waals surface area contributed by atoms with Crippen LogP contribution in [-0.4, -0.2) is 24.5 Å². The molecular formula is C16H15ClN2O5. The van der Waals surface area contributed by atoms with E-state index in [1.807, 2.05) is 0 Å². The summed E-state index contributed by atoms with van der Waals surface area (Å²) in [7, 11) is 1.33. The highest BCUT2D eigenvalue weighted by molar-refractivity contribution is 6.30. The highest BCUT2D eigenvalue weighted by Crippen LogP contribution is 2.32. The normalized spacial score (nSPS) is 10.1. The van der Waals surface area contributed by atoms with Gasteiger partial charge in [-0.25, -0.2) is 0 Å². The van der Waals surface area contributed by atoms with Crippen LogP contribution in [0.3, 0.4) is 0 Å². The summed E-state index contributed by atoms with van der Waals surface area (Å²) >= 11 is 5.77. The predicted octanol–water partition coefficient (Wildman–Crippen LogP) is 3.58. The Kier molecular flexibility index (Phi) is 5.59. The Hall–Kier alpha value is -2.80. The number of hydrogen-bond donors (Lipinski definition) is 1. The van der Waals surface area contributed by atoms with E-state index in [0.717, 1.165) is 0 Å². The Morgan fingerprint density at radius 3 is 2.54 bits per heavy atom. The number of nitrogens with zero attached hydrogens (tertiary/aromatic N) is 1. The van der Waals surface area contributed by atoms with Crippen LogP contribution in [0.25, 0.3) is 0 Å². The van der Waals surface area contributed by atoms with Gasteiger partial charge in [0, 0.05) is 22.8 Å². The molecule has 0 saturated carbocycles. The summed E-state index contributed by atoms with van der Waals surface area (Å²) in [6.45, 7) is 1.45. The molecule has 0 aliphatic heterocycles. The van der Waals surface area contributed by atoms with Crippen LogP contribution in [0.5, 0.6) is 11.5 Å². The molecule has 0 bridgehead atoms. The van der Waals surface area contributed by atoms with Crippen LogP contribution in [0.4, 0.5) is 11.4 Å². The van der Waals surface area contributed by atoms with Crippen LogP contribution in [0.2, 0.25) is 5.02 Å². The van der Waals surface area contributed by atoms with Crippen molar-refractivity contribution in [2.24, 2.45) is 0 Å². The summed E-state index contributed by atoms with van der Waals surface area (Å²) in [5.74, 6) is 0.177. The summed E-state index contributed by atoms with van der Waals surface area (Å²) in [5.41, 5.74) is 0.801. The first-order valence-electron chi connectivity index (χ1n) is 6.92. The van der Waals surface area contributed by atoms with Crippen LogP contribution in [0.1, 0.15) is 5.56 Å². The van der Waals surface area contributed by atoms with Crippen molar-refractivity contribution in [2.45, 2.75) is 6.92 Å². The van der Waals surface area contributed by atoms with Crippen molar-refractivity contribution in [2.75, 3.05) is 19.0 Å². The van der Waals surface area contributed by atoms with Gasteiger partial charge in [-0.2, -0.15) is 0 Å². The maximum absolute atomic E-state index is 12.0. The molecular weight excluding hydrogens is 336 g/mol. The highest BCUT2D eigenvalue weighted by Gasteiger charge is 2.18. The summed E-state index contributed by atoms with van der Waals surface area (Å²) in [5, 5.41) is 14.2. The topological polar surface area (TPSA) is 90.7 Å². The van der Waals surface area contributed by atoms with E-state index in [1.165, 1.54) is 19.2 Å². The fraction of sp³-hybridized carbons (Fsp3) is 0.188. The molecule has 126 valence electrons. The lowest BCUT2D eigenvalue weighted by molar-refractivity contribution is -0.385. The molecule has 0 atom stereocenters. The van der Waals surface area contributed by atoms with Crippen LogP contribution < -0.4 is 14.8 Å². The maximum Gasteiger partial charge on any atom is 0.311 e. The smallest absolute Gasteiger partial charge is 0.311 e. The molecule has 1 N–H and O–H groups in total. The summed E-state index contributed by atoms with van der Waals surface area (Å²) in [6.07, 6.45) is 0. The lowest BCUT2D eigenvalue weighted by Crippen LogP contribution is -2.20. The zero-order valence-electron chi connectivity index (χ0n) is 13.0. The number of aryl methyl sites for hydroxylation is 1. The Morgan fingerprint density at radius 2 is 1.96 bits per heavy atom. The second-order valence-corrected chi connectivity index (χ2v) is 5.32. The maximum atomic E-state index is 12.0. The number of methoxy groups -OCH3 is 1. The van der Waals surface area contributed by atoms with Gasteiger partial charge in [-0.3, -0.25) is 14.9 Å². The zero-order chi connectivity index (χ0) is 17.7. The lowest BCUT2D eigenvalue weighted by atomic mass is 10.1. The minimum Gasteiger partial charge on any atom is -0.490 e. The molecule has 2 aromatic carbocycles. The molecule has 24 heavy (non-hydrogen) atoms. The minimum atomic E-state index is -0.541. The fourth-order valence-corrected chi connectivity index (χ4v) is 2.11. The van der Waals surface area contributed by atoms with Gasteiger partial charge in [0.05, 0.1) is 12.0 Å². The van der Waals surface area contributed by atoms with Gasteiger partial charge in [0.1, 0.15) is 5.75 Å². The molecule has 2 rings (SSSR count). The first kappa shape index (κ1) is 17.6. The van der Waals surface area contributed by atoms with Gasteiger partial charge in [-0.05, 0) is 36.8 Å². The summed E-state index contributed by atoms with van der Waals surface area (Å²) in [6, 6.07) is 9.36. The number of nitrogens with one attached hydrogen (secondary N) is 1. The number of amides is 1. The molecule has 0 aliphatic rings. The molecule has 0 saturated heterocycles. The lowest BCUT2D eigenvalue weighted by Gasteiger charge is -2.11. The third-order valence-electron chi connectivity index (χ3n) is 3.18. The summed E-state index contributed by atoms with van der Waals surface area (Å²) in [4.78, 5) is 22.4. The first-order chi connectivity index (χ1) is 11.4. The van der Waals surface area contributed by atoms with Crippen molar-refractivity contribution in [3.8, 4) is 11.5 Å². The molecule has 0 heterocycles. The average Bonchev–Trinajstić information content (AvgIpc) is 2.55. The Morgan fingerprint density at radius 1 is 1.29 bits per heavy atom. The van der Waals surface area contributed by atoms with E-state index in [-0.39, 0.29) is 18.0 Å². The SMILES string of the molecule is COc1cc(NC(=O)COc2ccc(Cl)cc2)c(C)cc1[N+](=O)[O-]. The molecule has 7 nitrogen and oxygen atoms in total. The number of benzene rings is 2. The predicted molar refractivity (Wildman–Crippen MR) is 90.0 cm³/mol. The second-order valence-electron chi connectivity index (χ2n) is 4.89. The van der Waals surface area contributed by atoms with Gasteiger partial charge in [-0.1, -0.05) is 11.6 Å². The van der Waals surface area contributed by atoms with Crippen LogP contribution in [0.15, 0.2) is 36.4 Å². The van der Waals surface area contributed by atoms with Crippen LogP contribution >= 0.6 is 11.6 Å². The quantitative estimate of drug-likeness (QED) is 0.635. The van der Waals surface area contributed by atoms with Gasteiger partial charge >= 0.3 is 5.69 Å². The first-order valence-corrected chi connectivity index (χ1v) is 7.29. The van der Waals surface area contributed by atoms with Crippen molar-refractivity contribution in [1.82, 2.24) is 0 Å².